The average Bonchev–Trinajstić information content (AvgIpc) is 1.93. The van der Waals surface area contributed by atoms with Gasteiger partial charge >= 0.3 is 0 Å². The summed E-state index contributed by atoms with van der Waals surface area (Å²) in [5.41, 5.74) is 3.37. The zero-order valence-electron chi connectivity index (χ0n) is 10.2. The molecule has 0 aromatic heterocycles. The van der Waals surface area contributed by atoms with Gasteiger partial charge in [-0.25, -0.2) is 0 Å². The van der Waals surface area contributed by atoms with Crippen molar-refractivity contribution in [3.8, 4) is 23.8 Å². The summed E-state index contributed by atoms with van der Waals surface area (Å²) >= 11 is 0. The van der Waals surface area contributed by atoms with E-state index in [9.17, 15) is 0 Å². The predicted octanol–water partition coefficient (Wildman–Crippen LogP) is 3.30. The zero-order chi connectivity index (χ0) is 11.4. The third-order valence-electron chi connectivity index (χ3n) is 1.61. The van der Waals surface area contributed by atoms with Crippen LogP contribution in [0, 0.1) is 23.8 Å². The van der Waals surface area contributed by atoms with E-state index in [-0.39, 0.29) is 0 Å². The molecule has 0 aromatic rings. The molecule has 0 saturated heterocycles. The summed E-state index contributed by atoms with van der Waals surface area (Å²) in [6.07, 6.45) is 7.15. The Labute approximate surface area is 90.8 Å². The van der Waals surface area contributed by atoms with Crippen LogP contribution in [-0.4, -0.2) is 16.1 Å². The second kappa shape index (κ2) is 4.69. The van der Waals surface area contributed by atoms with Gasteiger partial charge < -0.3 is 0 Å². The van der Waals surface area contributed by atoms with E-state index in [4.69, 9.17) is 6.42 Å². The maximum Gasteiger partial charge on any atom is 0.129 e. The monoisotopic (exact) mass is 220 g/mol. The van der Waals surface area contributed by atoms with Crippen molar-refractivity contribution in [2.45, 2.75) is 39.3 Å². The van der Waals surface area contributed by atoms with E-state index in [1.165, 1.54) is 5.20 Å². The summed E-state index contributed by atoms with van der Waals surface area (Å²) in [4.78, 5) is 0. The minimum Gasteiger partial charge on any atom is -0.127 e. The number of terminal acetylenes is 1. The standard InChI is InChI=1S/C12H20Si2/c1-8-9-12(14(5,6)7)10-11-13(2,3)4/h1,9H,2-7H3/b12-9+. The van der Waals surface area contributed by atoms with Crippen molar-refractivity contribution < 1.29 is 0 Å². The molecule has 76 valence electrons. The highest BCUT2D eigenvalue weighted by Crippen LogP contribution is 2.13. The summed E-state index contributed by atoms with van der Waals surface area (Å²) in [5, 5.41) is 1.20. The van der Waals surface area contributed by atoms with Crippen LogP contribution < -0.4 is 0 Å². The molecule has 0 aliphatic heterocycles. The van der Waals surface area contributed by atoms with Crippen LogP contribution in [0.1, 0.15) is 0 Å². The highest BCUT2D eigenvalue weighted by Gasteiger charge is 2.18. The first-order valence-corrected chi connectivity index (χ1v) is 11.9. The summed E-state index contributed by atoms with van der Waals surface area (Å²) in [6.45, 7) is 13.6. The van der Waals surface area contributed by atoms with E-state index in [2.05, 4.69) is 56.7 Å². The van der Waals surface area contributed by atoms with E-state index in [0.717, 1.165) is 0 Å². The van der Waals surface area contributed by atoms with Gasteiger partial charge in [0.25, 0.3) is 0 Å². The molecule has 0 amide bonds. The fourth-order valence-electron chi connectivity index (χ4n) is 0.778. The summed E-state index contributed by atoms with van der Waals surface area (Å²) in [6, 6.07) is 0. The minimum atomic E-state index is -1.34. The van der Waals surface area contributed by atoms with Gasteiger partial charge in [0.1, 0.15) is 8.07 Å². The summed E-state index contributed by atoms with van der Waals surface area (Å²) < 4.78 is 0. The Hall–Kier alpha value is -0.706. The molecule has 0 radical (unpaired) electrons. The zero-order valence-corrected chi connectivity index (χ0v) is 12.2. The van der Waals surface area contributed by atoms with Gasteiger partial charge in [-0.05, 0) is 11.3 Å². The lowest BCUT2D eigenvalue weighted by atomic mass is 10.5. The molecule has 0 fully saturated rings. The Balaban J connectivity index is 5.01. The normalized spacial score (nSPS) is 12.8. The highest BCUT2D eigenvalue weighted by atomic mass is 28.3. The Morgan fingerprint density at radius 3 is 1.86 bits per heavy atom. The van der Waals surface area contributed by atoms with Crippen molar-refractivity contribution in [1.82, 2.24) is 0 Å². The first-order chi connectivity index (χ1) is 6.17. The lowest BCUT2D eigenvalue weighted by Crippen LogP contribution is -2.24. The van der Waals surface area contributed by atoms with Crippen LogP contribution in [-0.2, 0) is 0 Å². The van der Waals surface area contributed by atoms with Crippen LogP contribution in [0.25, 0.3) is 0 Å². The molecule has 0 nitrogen and oxygen atoms in total. The number of hydrogen-bond donors (Lipinski definition) is 0. The topological polar surface area (TPSA) is 0 Å². The Kier molecular flexibility index (Phi) is 4.45. The molecule has 0 bridgehead atoms. The van der Waals surface area contributed by atoms with E-state index < -0.39 is 16.1 Å². The van der Waals surface area contributed by atoms with Gasteiger partial charge in [-0.2, -0.15) is 0 Å². The third kappa shape index (κ3) is 5.86. The largest absolute Gasteiger partial charge is 0.129 e. The van der Waals surface area contributed by atoms with Gasteiger partial charge in [0.05, 0.1) is 8.07 Å². The van der Waals surface area contributed by atoms with Gasteiger partial charge in [0.15, 0.2) is 0 Å². The van der Waals surface area contributed by atoms with Crippen LogP contribution >= 0.6 is 0 Å². The Bertz CT molecular complexity index is 319. The summed E-state index contributed by atoms with van der Waals surface area (Å²) in [5.74, 6) is 5.89. The van der Waals surface area contributed by atoms with Crippen molar-refractivity contribution >= 4 is 16.1 Å². The van der Waals surface area contributed by atoms with E-state index in [0.29, 0.717) is 0 Å². The van der Waals surface area contributed by atoms with Gasteiger partial charge in [-0.3, -0.25) is 0 Å². The maximum absolute atomic E-state index is 5.30. The van der Waals surface area contributed by atoms with Gasteiger partial charge in [0, 0.05) is 0 Å². The third-order valence-corrected chi connectivity index (χ3v) is 4.37. The first kappa shape index (κ1) is 13.3. The predicted molar refractivity (Wildman–Crippen MR) is 71.4 cm³/mol. The average molecular weight is 220 g/mol. The summed E-state index contributed by atoms with van der Waals surface area (Å²) in [7, 11) is -2.62. The molecule has 0 atom stereocenters. The molecule has 0 aromatic carbocycles. The molecule has 0 aliphatic rings. The van der Waals surface area contributed by atoms with Crippen LogP contribution in [0.5, 0.6) is 0 Å². The van der Waals surface area contributed by atoms with Crippen molar-refractivity contribution in [2.24, 2.45) is 0 Å². The minimum absolute atomic E-state index is 1.20. The van der Waals surface area contributed by atoms with Crippen LogP contribution in [0.15, 0.2) is 11.3 Å². The lowest BCUT2D eigenvalue weighted by Gasteiger charge is -2.15. The van der Waals surface area contributed by atoms with Crippen LogP contribution in [0.2, 0.25) is 39.3 Å². The number of allylic oxidation sites excluding steroid dienone is 2. The fraction of sp³-hybridized carbons (Fsp3) is 0.500. The molecular weight excluding hydrogens is 200 g/mol. The van der Waals surface area contributed by atoms with Crippen molar-refractivity contribution in [2.75, 3.05) is 0 Å². The lowest BCUT2D eigenvalue weighted by molar-refractivity contribution is 1.69. The van der Waals surface area contributed by atoms with Crippen molar-refractivity contribution in [1.29, 1.82) is 0 Å². The SMILES string of the molecule is C#C/C=C(\C#C[Si](C)(C)C)[Si](C)(C)C. The molecule has 0 spiro atoms. The van der Waals surface area contributed by atoms with Crippen molar-refractivity contribution in [3.05, 3.63) is 11.3 Å². The molecule has 0 rings (SSSR count). The highest BCUT2D eigenvalue weighted by molar-refractivity contribution is 6.86. The smallest absolute Gasteiger partial charge is 0.127 e. The Morgan fingerprint density at radius 2 is 1.57 bits per heavy atom. The molecule has 0 heterocycles. The molecule has 2 heteroatoms. The Morgan fingerprint density at radius 1 is 1.07 bits per heavy atom. The van der Waals surface area contributed by atoms with Gasteiger partial charge in [-0.1, -0.05) is 51.1 Å². The van der Waals surface area contributed by atoms with E-state index >= 15 is 0 Å². The van der Waals surface area contributed by atoms with Crippen LogP contribution in [0.3, 0.4) is 0 Å². The van der Waals surface area contributed by atoms with Gasteiger partial charge in [-0.15, -0.1) is 12.0 Å². The molecular formula is C12H20Si2. The van der Waals surface area contributed by atoms with E-state index in [1.54, 1.807) is 0 Å². The second-order valence-electron chi connectivity index (χ2n) is 5.47. The van der Waals surface area contributed by atoms with Crippen LogP contribution in [0.4, 0.5) is 0 Å². The molecule has 0 aliphatic carbocycles. The molecule has 14 heavy (non-hydrogen) atoms. The number of hydrogen-bond acceptors (Lipinski definition) is 0. The second-order valence-corrected chi connectivity index (χ2v) is 15.3. The molecule has 0 unspecified atom stereocenters. The van der Waals surface area contributed by atoms with Gasteiger partial charge in [0.2, 0.25) is 0 Å². The maximum atomic E-state index is 5.30. The number of rotatable bonds is 1. The molecule has 0 saturated carbocycles. The van der Waals surface area contributed by atoms with Crippen molar-refractivity contribution in [3.63, 3.8) is 0 Å². The molecule has 0 N–H and O–H groups in total. The fourth-order valence-corrected chi connectivity index (χ4v) is 2.37. The first-order valence-electron chi connectivity index (χ1n) is 4.87. The quantitative estimate of drug-likeness (QED) is 0.470. The van der Waals surface area contributed by atoms with E-state index in [1.807, 2.05) is 6.08 Å².